The minimum Gasteiger partial charge on any atom is -0.331 e. The van der Waals surface area contributed by atoms with Crippen LogP contribution in [0.5, 0.6) is 0 Å². The first-order valence-corrected chi connectivity index (χ1v) is 6.92. The molecule has 19 heavy (non-hydrogen) atoms. The van der Waals surface area contributed by atoms with Crippen LogP contribution < -0.4 is 5.32 Å². The van der Waals surface area contributed by atoms with Crippen molar-refractivity contribution in [1.29, 1.82) is 0 Å². The minimum atomic E-state index is -0.182. The fraction of sp³-hybridized carbons (Fsp3) is 0.231. The highest BCUT2D eigenvalue weighted by Crippen LogP contribution is 2.24. The van der Waals surface area contributed by atoms with Crippen LogP contribution in [0.4, 0.5) is 9.93 Å². The summed E-state index contributed by atoms with van der Waals surface area (Å²) >= 11 is 7.57. The van der Waals surface area contributed by atoms with Gasteiger partial charge in [0.2, 0.25) is 0 Å². The summed E-state index contributed by atoms with van der Waals surface area (Å²) in [6.45, 7) is 0. The van der Waals surface area contributed by atoms with Gasteiger partial charge in [-0.25, -0.2) is 9.78 Å². The van der Waals surface area contributed by atoms with Crippen molar-refractivity contribution in [3.8, 4) is 0 Å². The lowest BCUT2D eigenvalue weighted by atomic mass is 10.1. The standard InChI is InChI=1S/C13H14ClN3OS/c1-17(2)13(18)16-12-15-8-10(19-12)7-9-5-3-4-6-11(9)14/h3-6,8H,7H2,1-2H3,(H,15,16,18). The predicted molar refractivity (Wildman–Crippen MR) is 79.1 cm³/mol. The first-order chi connectivity index (χ1) is 9.06. The zero-order valence-electron chi connectivity index (χ0n) is 10.7. The summed E-state index contributed by atoms with van der Waals surface area (Å²) in [5.74, 6) is 0. The van der Waals surface area contributed by atoms with Crippen LogP contribution in [0.1, 0.15) is 10.4 Å². The molecule has 1 aromatic carbocycles. The Bertz CT molecular complexity index is 583. The lowest BCUT2D eigenvalue weighted by molar-refractivity contribution is 0.230. The number of rotatable bonds is 3. The normalized spacial score (nSPS) is 10.3. The third kappa shape index (κ3) is 3.68. The van der Waals surface area contributed by atoms with Crippen LogP contribution in [0, 0.1) is 0 Å². The Morgan fingerprint density at radius 1 is 1.42 bits per heavy atom. The van der Waals surface area contributed by atoms with Crippen LogP contribution >= 0.6 is 22.9 Å². The minimum absolute atomic E-state index is 0.182. The van der Waals surface area contributed by atoms with Gasteiger partial charge in [0.25, 0.3) is 0 Å². The van der Waals surface area contributed by atoms with Crippen molar-refractivity contribution in [2.75, 3.05) is 19.4 Å². The van der Waals surface area contributed by atoms with E-state index >= 15 is 0 Å². The van der Waals surface area contributed by atoms with Gasteiger partial charge in [0, 0.05) is 36.6 Å². The number of thiazole rings is 1. The Kier molecular flexibility index (Phi) is 4.39. The van der Waals surface area contributed by atoms with E-state index < -0.39 is 0 Å². The summed E-state index contributed by atoms with van der Waals surface area (Å²) in [5.41, 5.74) is 1.05. The summed E-state index contributed by atoms with van der Waals surface area (Å²) in [5, 5.41) is 4.07. The highest BCUT2D eigenvalue weighted by Gasteiger charge is 2.09. The Balaban J connectivity index is 2.06. The van der Waals surface area contributed by atoms with Crippen molar-refractivity contribution in [3.05, 3.63) is 45.9 Å². The smallest absolute Gasteiger partial charge is 0.323 e. The molecule has 0 spiro atoms. The monoisotopic (exact) mass is 295 g/mol. The molecular weight excluding hydrogens is 282 g/mol. The lowest BCUT2D eigenvalue weighted by Gasteiger charge is -2.09. The van der Waals surface area contributed by atoms with Crippen LogP contribution in [-0.2, 0) is 6.42 Å². The molecule has 0 bridgehead atoms. The van der Waals surface area contributed by atoms with Crippen molar-refractivity contribution < 1.29 is 4.79 Å². The second kappa shape index (κ2) is 6.04. The number of urea groups is 1. The number of nitrogens with zero attached hydrogens (tertiary/aromatic N) is 2. The zero-order chi connectivity index (χ0) is 13.8. The Morgan fingerprint density at radius 3 is 2.84 bits per heavy atom. The van der Waals surface area contributed by atoms with E-state index in [1.807, 2.05) is 24.3 Å². The number of anilines is 1. The molecule has 100 valence electrons. The molecular formula is C13H14ClN3OS. The van der Waals surface area contributed by atoms with E-state index in [2.05, 4.69) is 10.3 Å². The number of halogens is 1. The van der Waals surface area contributed by atoms with Gasteiger partial charge < -0.3 is 4.90 Å². The van der Waals surface area contributed by atoms with Gasteiger partial charge in [-0.2, -0.15) is 0 Å². The van der Waals surface area contributed by atoms with Gasteiger partial charge in [-0.1, -0.05) is 29.8 Å². The van der Waals surface area contributed by atoms with Gasteiger partial charge >= 0.3 is 6.03 Å². The number of hydrogen-bond acceptors (Lipinski definition) is 3. The molecule has 0 aliphatic heterocycles. The summed E-state index contributed by atoms with van der Waals surface area (Å²) in [7, 11) is 3.38. The summed E-state index contributed by atoms with van der Waals surface area (Å²) in [4.78, 5) is 18.2. The van der Waals surface area contributed by atoms with Gasteiger partial charge in [0.15, 0.2) is 5.13 Å². The number of hydrogen-bond donors (Lipinski definition) is 1. The van der Waals surface area contributed by atoms with Crippen molar-refractivity contribution in [3.63, 3.8) is 0 Å². The molecule has 0 atom stereocenters. The van der Waals surface area contributed by atoms with Crippen LogP contribution in [0.15, 0.2) is 30.5 Å². The zero-order valence-corrected chi connectivity index (χ0v) is 12.3. The molecule has 6 heteroatoms. The summed E-state index contributed by atoms with van der Waals surface area (Å²) in [6.07, 6.45) is 2.48. The number of amides is 2. The van der Waals surface area contributed by atoms with Crippen LogP contribution in [0.3, 0.4) is 0 Å². The molecule has 0 radical (unpaired) electrons. The quantitative estimate of drug-likeness (QED) is 0.942. The van der Waals surface area contributed by atoms with E-state index in [9.17, 15) is 4.79 Å². The molecule has 2 aromatic rings. The Labute approximate surface area is 121 Å². The van der Waals surface area contributed by atoms with Gasteiger partial charge in [0.05, 0.1) is 0 Å². The van der Waals surface area contributed by atoms with E-state index in [-0.39, 0.29) is 6.03 Å². The molecule has 0 saturated carbocycles. The highest BCUT2D eigenvalue weighted by molar-refractivity contribution is 7.15. The number of carbonyl (C=O) groups is 1. The molecule has 2 amide bonds. The Morgan fingerprint density at radius 2 is 2.16 bits per heavy atom. The molecule has 1 aromatic heterocycles. The molecule has 0 aliphatic carbocycles. The second-order valence-electron chi connectivity index (χ2n) is 4.22. The topological polar surface area (TPSA) is 45.2 Å². The molecule has 1 heterocycles. The largest absolute Gasteiger partial charge is 0.331 e. The third-order valence-corrected chi connectivity index (χ3v) is 3.78. The SMILES string of the molecule is CN(C)C(=O)Nc1ncc(Cc2ccccc2Cl)s1. The number of aromatic nitrogens is 1. The van der Waals surface area contributed by atoms with Crippen molar-refractivity contribution in [2.45, 2.75) is 6.42 Å². The van der Waals surface area contributed by atoms with E-state index in [1.54, 1.807) is 20.3 Å². The first-order valence-electron chi connectivity index (χ1n) is 5.72. The molecule has 2 rings (SSSR count). The van der Waals surface area contributed by atoms with E-state index in [4.69, 9.17) is 11.6 Å². The number of benzene rings is 1. The molecule has 0 unspecified atom stereocenters. The molecule has 0 aliphatic rings. The first kappa shape index (κ1) is 13.8. The van der Waals surface area contributed by atoms with Crippen molar-refractivity contribution in [2.24, 2.45) is 0 Å². The van der Waals surface area contributed by atoms with E-state index in [0.717, 1.165) is 21.9 Å². The fourth-order valence-electron chi connectivity index (χ4n) is 1.48. The molecule has 1 N–H and O–H groups in total. The van der Waals surface area contributed by atoms with Crippen molar-refractivity contribution >= 4 is 34.1 Å². The van der Waals surface area contributed by atoms with Crippen LogP contribution in [0.25, 0.3) is 0 Å². The summed E-state index contributed by atoms with van der Waals surface area (Å²) < 4.78 is 0. The van der Waals surface area contributed by atoms with Crippen molar-refractivity contribution in [1.82, 2.24) is 9.88 Å². The van der Waals surface area contributed by atoms with Gasteiger partial charge in [0.1, 0.15) is 0 Å². The third-order valence-electron chi connectivity index (χ3n) is 2.50. The molecule has 0 saturated heterocycles. The van der Waals surface area contributed by atoms with Gasteiger partial charge in [-0.05, 0) is 11.6 Å². The van der Waals surface area contributed by atoms with E-state index in [0.29, 0.717) is 5.13 Å². The van der Waals surface area contributed by atoms with Crippen LogP contribution in [0.2, 0.25) is 5.02 Å². The maximum absolute atomic E-state index is 11.5. The lowest BCUT2D eigenvalue weighted by Crippen LogP contribution is -2.27. The maximum atomic E-state index is 11.5. The van der Waals surface area contributed by atoms with Gasteiger partial charge in [-0.3, -0.25) is 5.32 Å². The number of carbonyl (C=O) groups excluding carboxylic acids is 1. The molecule has 0 fully saturated rings. The number of nitrogens with one attached hydrogen (secondary N) is 1. The second-order valence-corrected chi connectivity index (χ2v) is 5.75. The predicted octanol–water partition coefficient (Wildman–Crippen LogP) is 3.48. The average Bonchev–Trinajstić information content (AvgIpc) is 2.79. The van der Waals surface area contributed by atoms with Gasteiger partial charge in [-0.15, -0.1) is 11.3 Å². The summed E-state index contributed by atoms with van der Waals surface area (Å²) in [6, 6.07) is 7.53. The fourth-order valence-corrected chi connectivity index (χ4v) is 2.51. The highest BCUT2D eigenvalue weighted by atomic mass is 35.5. The van der Waals surface area contributed by atoms with Crippen LogP contribution in [-0.4, -0.2) is 30.0 Å². The Hall–Kier alpha value is -1.59. The average molecular weight is 296 g/mol. The maximum Gasteiger partial charge on any atom is 0.323 e. The van der Waals surface area contributed by atoms with E-state index in [1.165, 1.54) is 16.2 Å². The molecule has 4 nitrogen and oxygen atoms in total.